The first-order valence-corrected chi connectivity index (χ1v) is 12.6. The van der Waals surface area contributed by atoms with E-state index in [0.717, 1.165) is 48.4 Å². The molecule has 3 aromatic rings. The number of carbonyl (C=O) groups is 1. The molecule has 0 aliphatic carbocycles. The van der Waals surface area contributed by atoms with Gasteiger partial charge in [-0.25, -0.2) is 8.42 Å². The summed E-state index contributed by atoms with van der Waals surface area (Å²) in [5.74, 6) is 0.0561. The van der Waals surface area contributed by atoms with Gasteiger partial charge in [-0.2, -0.15) is 0 Å². The predicted molar refractivity (Wildman–Crippen MR) is 123 cm³/mol. The van der Waals surface area contributed by atoms with Gasteiger partial charge in [0.25, 0.3) is 10.0 Å². The molecule has 1 aromatic heterocycles. The van der Waals surface area contributed by atoms with Gasteiger partial charge in [-0.05, 0) is 68.1 Å². The molecule has 4 rings (SSSR count). The van der Waals surface area contributed by atoms with Crippen molar-refractivity contribution in [1.29, 1.82) is 0 Å². The van der Waals surface area contributed by atoms with Gasteiger partial charge in [0.1, 0.15) is 0 Å². The number of sulfonamides is 1. The maximum absolute atomic E-state index is 12.9. The number of aryl methyl sites for hydroxylation is 3. The Hall–Kier alpha value is -2.65. The highest BCUT2D eigenvalue weighted by Gasteiger charge is 2.20. The van der Waals surface area contributed by atoms with Crippen LogP contribution in [0.1, 0.15) is 30.4 Å². The highest BCUT2D eigenvalue weighted by atomic mass is 32.2. The molecule has 1 fully saturated rings. The molecule has 1 amide bonds. The third-order valence-electron chi connectivity index (χ3n) is 5.72. The number of carbonyl (C=O) groups excluding carboxylic acids is 1. The zero-order valence-electron chi connectivity index (χ0n) is 17.6. The molecule has 7 nitrogen and oxygen atoms in total. The van der Waals surface area contributed by atoms with Crippen LogP contribution in [0.2, 0.25) is 0 Å². The molecule has 0 atom stereocenters. The molecule has 0 unspecified atom stereocenters. The molecular weight excluding hydrogens is 434 g/mol. The minimum Gasteiger partial charge on any atom is -0.343 e. The highest BCUT2D eigenvalue weighted by molar-refractivity contribution is 7.92. The van der Waals surface area contributed by atoms with Crippen LogP contribution in [-0.4, -0.2) is 36.9 Å². The Labute approximate surface area is 185 Å². The molecule has 31 heavy (non-hydrogen) atoms. The van der Waals surface area contributed by atoms with Crippen LogP contribution in [0.3, 0.4) is 0 Å². The summed E-state index contributed by atoms with van der Waals surface area (Å²) in [6, 6.07) is 10.0. The van der Waals surface area contributed by atoms with E-state index in [1.54, 1.807) is 22.8 Å². The largest absolute Gasteiger partial charge is 0.343 e. The molecule has 0 radical (unpaired) electrons. The molecule has 1 aliphatic heterocycles. The topological polar surface area (TPSA) is 88.5 Å². The smallest absolute Gasteiger partial charge is 0.308 e. The van der Waals surface area contributed by atoms with Gasteiger partial charge in [-0.1, -0.05) is 17.4 Å². The monoisotopic (exact) mass is 459 g/mol. The van der Waals surface area contributed by atoms with Crippen LogP contribution in [0.25, 0.3) is 10.2 Å². The molecule has 164 valence electrons. The second-order valence-corrected chi connectivity index (χ2v) is 10.6. The van der Waals surface area contributed by atoms with Crippen LogP contribution < -0.4 is 9.60 Å². The van der Waals surface area contributed by atoms with E-state index in [4.69, 9.17) is 0 Å². The maximum Gasteiger partial charge on any atom is 0.308 e. The van der Waals surface area contributed by atoms with E-state index < -0.39 is 10.0 Å². The highest BCUT2D eigenvalue weighted by Crippen LogP contribution is 2.24. The predicted octanol–water partition coefficient (Wildman–Crippen LogP) is 3.49. The van der Waals surface area contributed by atoms with Crippen molar-refractivity contribution in [3.63, 3.8) is 0 Å². The summed E-state index contributed by atoms with van der Waals surface area (Å²) in [4.78, 5) is 26.5. The van der Waals surface area contributed by atoms with Crippen LogP contribution >= 0.6 is 11.3 Å². The Kier molecular flexibility index (Phi) is 5.90. The van der Waals surface area contributed by atoms with E-state index in [1.165, 1.54) is 12.1 Å². The number of nitrogens with zero attached hydrogens (tertiary/aromatic N) is 2. The van der Waals surface area contributed by atoms with Gasteiger partial charge < -0.3 is 4.90 Å². The van der Waals surface area contributed by atoms with E-state index >= 15 is 0 Å². The van der Waals surface area contributed by atoms with Crippen LogP contribution in [0.15, 0.2) is 46.1 Å². The molecular formula is C22H25N3O4S2. The number of thiazole rings is 1. The SMILES string of the molecule is Cc1ccc(NS(=O)(=O)c2ccc3c(c2)sc(=O)n3CCC(=O)N2CCCC2)cc1C. The lowest BCUT2D eigenvalue weighted by Gasteiger charge is -2.15. The minimum absolute atomic E-state index is 0.0561. The fourth-order valence-corrected chi connectivity index (χ4v) is 5.88. The fraction of sp³-hybridized carbons (Fsp3) is 0.364. The summed E-state index contributed by atoms with van der Waals surface area (Å²) in [7, 11) is -3.79. The van der Waals surface area contributed by atoms with Crippen molar-refractivity contribution in [3.05, 3.63) is 57.2 Å². The normalized spacial score (nSPS) is 14.3. The number of likely N-dealkylation sites (tertiary alicyclic amines) is 1. The Morgan fingerprint density at radius 3 is 2.52 bits per heavy atom. The molecule has 1 N–H and O–H groups in total. The summed E-state index contributed by atoms with van der Waals surface area (Å²) >= 11 is 0.994. The van der Waals surface area contributed by atoms with Crippen molar-refractivity contribution < 1.29 is 13.2 Å². The van der Waals surface area contributed by atoms with Crippen LogP contribution in [0.4, 0.5) is 5.69 Å². The summed E-state index contributed by atoms with van der Waals surface area (Å²) < 4.78 is 30.5. The van der Waals surface area contributed by atoms with Crippen molar-refractivity contribution in [2.75, 3.05) is 17.8 Å². The van der Waals surface area contributed by atoms with E-state index in [9.17, 15) is 18.0 Å². The first-order valence-electron chi connectivity index (χ1n) is 10.3. The number of amides is 1. The molecule has 0 saturated carbocycles. The quantitative estimate of drug-likeness (QED) is 0.611. The third kappa shape index (κ3) is 4.52. The zero-order valence-corrected chi connectivity index (χ0v) is 19.2. The third-order valence-corrected chi connectivity index (χ3v) is 8.04. The van der Waals surface area contributed by atoms with Gasteiger partial charge >= 0.3 is 4.87 Å². The Bertz CT molecular complexity index is 1300. The molecule has 9 heteroatoms. The van der Waals surface area contributed by atoms with Gasteiger partial charge in [0.05, 0.1) is 15.1 Å². The summed E-state index contributed by atoms with van der Waals surface area (Å²) in [5, 5.41) is 0. The lowest BCUT2D eigenvalue weighted by molar-refractivity contribution is -0.130. The minimum atomic E-state index is -3.79. The van der Waals surface area contributed by atoms with E-state index in [0.29, 0.717) is 22.4 Å². The molecule has 1 aliphatic rings. The standard InChI is InChI=1S/C22H25N3O4S2/c1-15-5-6-17(13-16(15)2)23-31(28,29)18-7-8-19-20(14-18)30-22(27)25(19)12-9-21(26)24-10-3-4-11-24/h5-8,13-14,23H,3-4,9-12H2,1-2H3. The zero-order chi connectivity index (χ0) is 22.2. The molecule has 0 bridgehead atoms. The summed E-state index contributed by atoms with van der Waals surface area (Å²) in [6.07, 6.45) is 2.32. The number of anilines is 1. The number of aromatic nitrogens is 1. The number of hydrogen-bond acceptors (Lipinski definition) is 5. The van der Waals surface area contributed by atoms with Crippen molar-refractivity contribution in [1.82, 2.24) is 9.47 Å². The number of rotatable bonds is 6. The molecule has 1 saturated heterocycles. The fourth-order valence-electron chi connectivity index (χ4n) is 3.78. The van der Waals surface area contributed by atoms with E-state index in [1.807, 2.05) is 24.8 Å². The second kappa shape index (κ2) is 8.47. The van der Waals surface area contributed by atoms with E-state index in [2.05, 4.69) is 4.72 Å². The molecule has 2 aromatic carbocycles. The maximum atomic E-state index is 12.9. The average Bonchev–Trinajstić information content (AvgIpc) is 3.36. The van der Waals surface area contributed by atoms with Crippen molar-refractivity contribution in [2.45, 2.75) is 44.6 Å². The van der Waals surface area contributed by atoms with Crippen molar-refractivity contribution in [3.8, 4) is 0 Å². The number of hydrogen-bond donors (Lipinski definition) is 1. The first-order chi connectivity index (χ1) is 14.7. The van der Waals surface area contributed by atoms with Crippen LogP contribution in [0.5, 0.6) is 0 Å². The van der Waals surface area contributed by atoms with Gasteiger partial charge in [-0.3, -0.25) is 18.9 Å². The van der Waals surface area contributed by atoms with Gasteiger partial charge in [0, 0.05) is 31.7 Å². The van der Waals surface area contributed by atoms with Crippen molar-refractivity contribution >= 4 is 43.2 Å². The number of nitrogens with one attached hydrogen (secondary N) is 1. The van der Waals surface area contributed by atoms with Gasteiger partial charge in [0.2, 0.25) is 5.91 Å². The summed E-state index contributed by atoms with van der Waals surface area (Å²) in [5.41, 5.74) is 3.22. The summed E-state index contributed by atoms with van der Waals surface area (Å²) in [6.45, 7) is 5.75. The average molecular weight is 460 g/mol. The van der Waals surface area contributed by atoms with Crippen LogP contribution in [-0.2, 0) is 21.4 Å². The molecule has 0 spiro atoms. The first kappa shape index (κ1) is 21.6. The Morgan fingerprint density at radius 1 is 1.06 bits per heavy atom. The second-order valence-electron chi connectivity index (χ2n) is 7.89. The van der Waals surface area contributed by atoms with Gasteiger partial charge in [0.15, 0.2) is 0 Å². The van der Waals surface area contributed by atoms with E-state index in [-0.39, 0.29) is 22.1 Å². The number of fused-ring (bicyclic) bond motifs is 1. The lowest BCUT2D eigenvalue weighted by Crippen LogP contribution is -2.29. The Balaban J connectivity index is 1.56. The van der Waals surface area contributed by atoms with Crippen molar-refractivity contribution in [2.24, 2.45) is 0 Å². The van der Waals surface area contributed by atoms with Gasteiger partial charge in [-0.15, -0.1) is 0 Å². The number of benzene rings is 2. The van der Waals surface area contributed by atoms with Crippen LogP contribution in [0, 0.1) is 13.8 Å². The molecule has 2 heterocycles. The Morgan fingerprint density at radius 2 is 1.81 bits per heavy atom. The lowest BCUT2D eigenvalue weighted by atomic mass is 10.1.